The lowest BCUT2D eigenvalue weighted by molar-refractivity contribution is -0.137. The number of rotatable bonds is 3. The molecule has 0 aliphatic rings. The summed E-state index contributed by atoms with van der Waals surface area (Å²) in [6, 6.07) is 1.74. The van der Waals surface area contributed by atoms with E-state index >= 15 is 0 Å². The molecule has 0 aliphatic carbocycles. The van der Waals surface area contributed by atoms with Crippen molar-refractivity contribution in [2.24, 2.45) is 7.05 Å². The van der Waals surface area contributed by atoms with Crippen LogP contribution in [0.25, 0.3) is 11.0 Å². The Morgan fingerprint density at radius 1 is 1.56 bits per heavy atom. The zero-order chi connectivity index (χ0) is 13.4. The van der Waals surface area contributed by atoms with E-state index in [1.54, 1.807) is 20.0 Å². The Labute approximate surface area is 107 Å². The Morgan fingerprint density at radius 2 is 2.22 bits per heavy atom. The first kappa shape index (κ1) is 12.7. The normalized spacial score (nSPS) is 11.1. The van der Waals surface area contributed by atoms with Gasteiger partial charge in [-0.1, -0.05) is 11.8 Å². The predicted octanol–water partition coefficient (Wildman–Crippen LogP) is 0.850. The van der Waals surface area contributed by atoms with E-state index in [0.29, 0.717) is 16.2 Å². The number of fused-ring (bicyclic) bond motifs is 1. The molecule has 1 N–H and O–H groups in total. The lowest BCUT2D eigenvalue weighted by Crippen LogP contribution is -2.23. The minimum Gasteiger partial charge on any atom is -0.480 e. The fraction of sp³-hybridized carbons (Fsp3) is 0.364. The van der Waals surface area contributed by atoms with Crippen molar-refractivity contribution in [2.45, 2.75) is 18.6 Å². The summed E-state index contributed by atoms with van der Waals surface area (Å²) >= 11 is 1.38. The van der Waals surface area contributed by atoms with E-state index in [4.69, 9.17) is 5.11 Å². The fourth-order valence-electron chi connectivity index (χ4n) is 1.91. The quantitative estimate of drug-likeness (QED) is 0.659. The number of carboxylic acid groups (broad SMARTS) is 1. The lowest BCUT2D eigenvalue weighted by Gasteiger charge is -2.07. The number of carboxylic acids is 1. The summed E-state index contributed by atoms with van der Waals surface area (Å²) in [5.41, 5.74) is 1.38. The molecule has 2 heterocycles. The van der Waals surface area contributed by atoms with Crippen LogP contribution in [-0.4, -0.2) is 31.4 Å². The summed E-state index contributed by atoms with van der Waals surface area (Å²) < 4.78 is 2.92. The molecule has 2 aromatic heterocycles. The van der Waals surface area contributed by atoms with Gasteiger partial charge < -0.3 is 9.67 Å². The summed E-state index contributed by atoms with van der Waals surface area (Å²) in [4.78, 5) is 27.4. The standard InChI is InChI=1S/C11H13N3O3S/c1-6-4-7-9(14(6)5-8(15)16)10(17)13(2)11(12-7)18-3/h4H,5H2,1-3H3,(H,15,16). The monoisotopic (exact) mass is 267 g/mol. The van der Waals surface area contributed by atoms with Gasteiger partial charge in [0.15, 0.2) is 5.16 Å². The third kappa shape index (κ3) is 1.90. The van der Waals surface area contributed by atoms with Crippen molar-refractivity contribution in [3.63, 3.8) is 0 Å². The molecule has 0 fully saturated rings. The fourth-order valence-corrected chi connectivity index (χ4v) is 2.46. The Balaban J connectivity index is 2.82. The van der Waals surface area contributed by atoms with Gasteiger partial charge >= 0.3 is 5.97 Å². The molecule has 0 aliphatic heterocycles. The highest BCUT2D eigenvalue weighted by atomic mass is 32.2. The van der Waals surface area contributed by atoms with Gasteiger partial charge in [-0.25, -0.2) is 4.98 Å². The molecule has 0 atom stereocenters. The highest BCUT2D eigenvalue weighted by Crippen LogP contribution is 2.18. The van der Waals surface area contributed by atoms with Crippen LogP contribution in [-0.2, 0) is 18.4 Å². The first-order chi connectivity index (χ1) is 8.45. The Hall–Kier alpha value is -1.76. The molecular formula is C11H13N3O3S. The lowest BCUT2D eigenvalue weighted by atomic mass is 10.4. The molecule has 7 heteroatoms. The third-order valence-electron chi connectivity index (χ3n) is 2.77. The SMILES string of the molecule is CSc1nc2cc(C)n(CC(=O)O)c2c(=O)n1C. The van der Waals surface area contributed by atoms with Gasteiger partial charge in [0.25, 0.3) is 5.56 Å². The number of aromatic nitrogens is 3. The van der Waals surface area contributed by atoms with Crippen LogP contribution in [0, 0.1) is 6.92 Å². The van der Waals surface area contributed by atoms with Gasteiger partial charge in [-0.2, -0.15) is 0 Å². The van der Waals surface area contributed by atoms with Crippen molar-refractivity contribution >= 4 is 28.8 Å². The van der Waals surface area contributed by atoms with E-state index < -0.39 is 5.97 Å². The van der Waals surface area contributed by atoms with E-state index in [0.717, 1.165) is 5.69 Å². The van der Waals surface area contributed by atoms with Crippen molar-refractivity contribution in [2.75, 3.05) is 6.26 Å². The second kappa shape index (κ2) is 4.49. The maximum atomic E-state index is 12.2. The van der Waals surface area contributed by atoms with Crippen LogP contribution in [0.15, 0.2) is 16.0 Å². The second-order valence-electron chi connectivity index (χ2n) is 3.96. The summed E-state index contributed by atoms with van der Waals surface area (Å²) in [7, 11) is 1.63. The van der Waals surface area contributed by atoms with Crippen LogP contribution in [0.2, 0.25) is 0 Å². The number of aryl methyl sites for hydroxylation is 1. The van der Waals surface area contributed by atoms with Gasteiger partial charge in [0.1, 0.15) is 12.1 Å². The molecule has 2 rings (SSSR count). The highest BCUT2D eigenvalue weighted by Gasteiger charge is 2.15. The first-order valence-corrected chi connectivity index (χ1v) is 6.50. The maximum absolute atomic E-state index is 12.2. The molecule has 18 heavy (non-hydrogen) atoms. The Kier molecular flexibility index (Phi) is 3.16. The summed E-state index contributed by atoms with van der Waals surface area (Å²) in [5, 5.41) is 9.49. The van der Waals surface area contributed by atoms with E-state index in [-0.39, 0.29) is 12.1 Å². The van der Waals surface area contributed by atoms with Crippen LogP contribution in [0.5, 0.6) is 0 Å². The molecule has 0 unspecified atom stereocenters. The van der Waals surface area contributed by atoms with Crippen molar-refractivity contribution in [3.8, 4) is 0 Å². The van der Waals surface area contributed by atoms with E-state index in [9.17, 15) is 9.59 Å². The molecule has 0 bridgehead atoms. The van der Waals surface area contributed by atoms with E-state index in [2.05, 4.69) is 4.98 Å². The number of hydrogen-bond acceptors (Lipinski definition) is 4. The number of aliphatic carboxylic acids is 1. The highest BCUT2D eigenvalue weighted by molar-refractivity contribution is 7.98. The molecule has 0 aromatic carbocycles. The van der Waals surface area contributed by atoms with Crippen molar-refractivity contribution in [1.29, 1.82) is 0 Å². The van der Waals surface area contributed by atoms with Gasteiger partial charge in [-0.05, 0) is 19.2 Å². The average molecular weight is 267 g/mol. The van der Waals surface area contributed by atoms with Gasteiger partial charge in [0.05, 0.1) is 5.52 Å². The van der Waals surface area contributed by atoms with E-state index in [1.165, 1.54) is 20.9 Å². The molecule has 0 saturated heterocycles. The molecular weight excluding hydrogens is 254 g/mol. The van der Waals surface area contributed by atoms with Gasteiger partial charge in [0, 0.05) is 12.7 Å². The zero-order valence-corrected chi connectivity index (χ0v) is 11.1. The van der Waals surface area contributed by atoms with Crippen LogP contribution >= 0.6 is 11.8 Å². The minimum absolute atomic E-state index is 0.223. The second-order valence-corrected chi connectivity index (χ2v) is 4.74. The Bertz CT molecular complexity index is 687. The first-order valence-electron chi connectivity index (χ1n) is 5.28. The smallest absolute Gasteiger partial charge is 0.323 e. The van der Waals surface area contributed by atoms with Crippen molar-refractivity contribution < 1.29 is 9.90 Å². The summed E-state index contributed by atoms with van der Waals surface area (Å²) in [6.45, 7) is 1.54. The molecule has 6 nitrogen and oxygen atoms in total. The van der Waals surface area contributed by atoms with Gasteiger partial charge in [-0.3, -0.25) is 14.2 Å². The number of nitrogens with zero attached hydrogens (tertiary/aromatic N) is 3. The average Bonchev–Trinajstić information content (AvgIpc) is 2.60. The molecule has 96 valence electrons. The van der Waals surface area contributed by atoms with Crippen LogP contribution in [0.1, 0.15) is 5.69 Å². The molecule has 0 spiro atoms. The van der Waals surface area contributed by atoms with Crippen molar-refractivity contribution in [1.82, 2.24) is 14.1 Å². The summed E-state index contributed by atoms with van der Waals surface area (Å²) in [5.74, 6) is -0.980. The van der Waals surface area contributed by atoms with Crippen LogP contribution in [0.4, 0.5) is 0 Å². The number of hydrogen-bond donors (Lipinski definition) is 1. The van der Waals surface area contributed by atoms with Crippen LogP contribution < -0.4 is 5.56 Å². The molecule has 0 radical (unpaired) electrons. The zero-order valence-electron chi connectivity index (χ0n) is 10.3. The third-order valence-corrected chi connectivity index (χ3v) is 3.50. The maximum Gasteiger partial charge on any atom is 0.323 e. The van der Waals surface area contributed by atoms with E-state index in [1.807, 2.05) is 6.26 Å². The molecule has 2 aromatic rings. The predicted molar refractivity (Wildman–Crippen MR) is 69.1 cm³/mol. The molecule has 0 amide bonds. The van der Waals surface area contributed by atoms with Crippen molar-refractivity contribution in [3.05, 3.63) is 22.1 Å². The number of carbonyl (C=O) groups is 1. The molecule has 0 saturated carbocycles. The minimum atomic E-state index is -0.980. The largest absolute Gasteiger partial charge is 0.480 e. The summed E-state index contributed by atoms with van der Waals surface area (Å²) in [6.07, 6.45) is 1.84. The number of thioether (sulfide) groups is 1. The topological polar surface area (TPSA) is 77.1 Å². The van der Waals surface area contributed by atoms with Gasteiger partial charge in [0.2, 0.25) is 0 Å². The Morgan fingerprint density at radius 3 is 2.78 bits per heavy atom. The van der Waals surface area contributed by atoms with Gasteiger partial charge in [-0.15, -0.1) is 0 Å². The van der Waals surface area contributed by atoms with Crippen LogP contribution in [0.3, 0.4) is 0 Å².